The summed E-state index contributed by atoms with van der Waals surface area (Å²) < 4.78 is 29.4. The van der Waals surface area contributed by atoms with Crippen molar-refractivity contribution in [3.05, 3.63) is 24.4 Å². The van der Waals surface area contributed by atoms with Crippen molar-refractivity contribution in [2.45, 2.75) is 38.3 Å². The monoisotopic (exact) mass is 322 g/mol. The lowest BCUT2D eigenvalue weighted by molar-refractivity contribution is -0.0518. The van der Waals surface area contributed by atoms with Crippen molar-refractivity contribution in [1.82, 2.24) is 9.97 Å². The van der Waals surface area contributed by atoms with E-state index in [0.29, 0.717) is 28.7 Å². The van der Waals surface area contributed by atoms with Gasteiger partial charge >= 0.3 is 6.61 Å². The minimum Gasteiger partial charge on any atom is -0.415 e. The molecule has 1 saturated carbocycles. The molecule has 0 bridgehead atoms. The molecule has 0 amide bonds. The average Bonchev–Trinajstić information content (AvgIpc) is 2.56. The van der Waals surface area contributed by atoms with Crippen LogP contribution in [0.3, 0.4) is 0 Å². The lowest BCUT2D eigenvalue weighted by Crippen LogP contribution is -2.29. The fourth-order valence-electron chi connectivity index (χ4n) is 3.02. The molecule has 0 spiro atoms. The number of halogens is 2. The molecular formula is C16H20F2N4O. The predicted octanol–water partition coefficient (Wildman–Crippen LogP) is 3.16. The molecule has 0 radical (unpaired) electrons. The maximum atomic E-state index is 12.5. The zero-order valence-corrected chi connectivity index (χ0v) is 12.7. The number of alkyl halides is 2. The molecule has 5 nitrogen and oxygen atoms in total. The smallest absolute Gasteiger partial charge is 0.388 e. The Morgan fingerprint density at radius 3 is 2.70 bits per heavy atom. The van der Waals surface area contributed by atoms with Crippen LogP contribution in [0.15, 0.2) is 24.4 Å². The van der Waals surface area contributed by atoms with Gasteiger partial charge in [0.25, 0.3) is 0 Å². The molecule has 1 aliphatic rings. The molecule has 124 valence electrons. The Labute approximate surface area is 133 Å². The largest absolute Gasteiger partial charge is 0.415 e. The van der Waals surface area contributed by atoms with E-state index in [4.69, 9.17) is 5.73 Å². The summed E-state index contributed by atoms with van der Waals surface area (Å²) in [7, 11) is 0. The standard InChI is InChI=1S/C16H20F2N4O/c17-16(18)23-15-14-11(7-8-20-15)3-6-13(22-14)21-12-4-1-10(9-19)2-5-12/h3,6-8,10,12,16H,1-2,4-5,9,19H2,(H,21,22)/t10-,12-. The summed E-state index contributed by atoms with van der Waals surface area (Å²) in [4.78, 5) is 8.25. The Hall–Kier alpha value is -2.02. The van der Waals surface area contributed by atoms with Crippen molar-refractivity contribution in [2.24, 2.45) is 11.7 Å². The van der Waals surface area contributed by atoms with Gasteiger partial charge in [0.2, 0.25) is 5.88 Å². The second-order valence-corrected chi connectivity index (χ2v) is 5.86. The fraction of sp³-hybridized carbons (Fsp3) is 0.500. The van der Waals surface area contributed by atoms with Gasteiger partial charge in [0, 0.05) is 17.6 Å². The molecule has 0 atom stereocenters. The van der Waals surface area contributed by atoms with E-state index in [1.165, 1.54) is 6.20 Å². The molecule has 23 heavy (non-hydrogen) atoms. The fourth-order valence-corrected chi connectivity index (χ4v) is 3.02. The minimum absolute atomic E-state index is 0.145. The number of fused-ring (bicyclic) bond motifs is 1. The highest BCUT2D eigenvalue weighted by atomic mass is 19.3. The Morgan fingerprint density at radius 2 is 2.00 bits per heavy atom. The molecule has 3 N–H and O–H groups in total. The molecule has 1 aliphatic carbocycles. The van der Waals surface area contributed by atoms with Crippen molar-refractivity contribution in [2.75, 3.05) is 11.9 Å². The van der Waals surface area contributed by atoms with Gasteiger partial charge in [-0.3, -0.25) is 0 Å². The second-order valence-electron chi connectivity index (χ2n) is 5.86. The number of nitrogens with two attached hydrogens (primary N) is 1. The summed E-state index contributed by atoms with van der Waals surface area (Å²) >= 11 is 0. The third kappa shape index (κ3) is 3.85. The molecule has 3 rings (SSSR count). The van der Waals surface area contributed by atoms with Crippen molar-refractivity contribution in [1.29, 1.82) is 0 Å². The molecule has 0 saturated heterocycles. The summed E-state index contributed by atoms with van der Waals surface area (Å²) in [5.74, 6) is 1.11. The lowest BCUT2D eigenvalue weighted by Gasteiger charge is -2.28. The number of hydrogen-bond donors (Lipinski definition) is 2. The molecule has 0 aromatic carbocycles. The van der Waals surface area contributed by atoms with E-state index in [1.54, 1.807) is 6.07 Å². The van der Waals surface area contributed by atoms with Crippen LogP contribution in [0.1, 0.15) is 25.7 Å². The Morgan fingerprint density at radius 1 is 1.22 bits per heavy atom. The van der Waals surface area contributed by atoms with Gasteiger partial charge < -0.3 is 15.8 Å². The van der Waals surface area contributed by atoms with Gasteiger partial charge in [-0.15, -0.1) is 0 Å². The van der Waals surface area contributed by atoms with Crippen LogP contribution in [0, 0.1) is 5.92 Å². The summed E-state index contributed by atoms with van der Waals surface area (Å²) in [6.45, 7) is -2.18. The second kappa shape index (κ2) is 7.04. The number of hydrogen-bond acceptors (Lipinski definition) is 5. The number of rotatable bonds is 5. The average molecular weight is 322 g/mol. The summed E-state index contributed by atoms with van der Waals surface area (Å²) in [6, 6.07) is 5.73. The maximum Gasteiger partial charge on any atom is 0.388 e. The van der Waals surface area contributed by atoms with Crippen LogP contribution in [0.25, 0.3) is 10.9 Å². The van der Waals surface area contributed by atoms with E-state index >= 15 is 0 Å². The molecular weight excluding hydrogens is 302 g/mol. The highest BCUT2D eigenvalue weighted by molar-refractivity contribution is 5.84. The first-order chi connectivity index (χ1) is 11.2. The maximum absolute atomic E-state index is 12.5. The Balaban J connectivity index is 1.77. The van der Waals surface area contributed by atoms with E-state index in [0.717, 1.165) is 32.2 Å². The zero-order valence-electron chi connectivity index (χ0n) is 12.7. The van der Waals surface area contributed by atoms with E-state index in [9.17, 15) is 8.78 Å². The third-order valence-electron chi connectivity index (χ3n) is 4.31. The van der Waals surface area contributed by atoms with Gasteiger partial charge in [-0.25, -0.2) is 9.97 Å². The summed E-state index contributed by atoms with van der Waals surface area (Å²) in [5.41, 5.74) is 6.05. The first-order valence-corrected chi connectivity index (χ1v) is 7.83. The predicted molar refractivity (Wildman–Crippen MR) is 84.6 cm³/mol. The van der Waals surface area contributed by atoms with Gasteiger partial charge in [-0.1, -0.05) is 0 Å². The number of nitrogens with one attached hydrogen (secondary N) is 1. The van der Waals surface area contributed by atoms with Crippen LogP contribution in [0.2, 0.25) is 0 Å². The van der Waals surface area contributed by atoms with Gasteiger partial charge in [0.05, 0.1) is 0 Å². The van der Waals surface area contributed by atoms with E-state index in [1.807, 2.05) is 12.1 Å². The lowest BCUT2D eigenvalue weighted by atomic mass is 9.86. The quantitative estimate of drug-likeness (QED) is 0.884. The van der Waals surface area contributed by atoms with E-state index in [2.05, 4.69) is 20.0 Å². The molecule has 0 unspecified atom stereocenters. The highest BCUT2D eigenvalue weighted by Gasteiger charge is 2.20. The summed E-state index contributed by atoms with van der Waals surface area (Å²) in [5, 5.41) is 4.09. The van der Waals surface area contributed by atoms with Crippen LogP contribution in [0.5, 0.6) is 5.88 Å². The number of pyridine rings is 2. The summed E-state index contributed by atoms with van der Waals surface area (Å²) in [6.07, 6.45) is 5.71. The number of aromatic nitrogens is 2. The molecule has 2 aromatic heterocycles. The number of nitrogens with zero attached hydrogens (tertiary/aromatic N) is 2. The van der Waals surface area contributed by atoms with E-state index < -0.39 is 6.61 Å². The highest BCUT2D eigenvalue weighted by Crippen LogP contribution is 2.28. The van der Waals surface area contributed by atoms with Crippen LogP contribution < -0.4 is 15.8 Å². The van der Waals surface area contributed by atoms with Crippen LogP contribution in [-0.2, 0) is 0 Å². The van der Waals surface area contributed by atoms with Crippen molar-refractivity contribution in [3.63, 3.8) is 0 Å². The molecule has 2 heterocycles. The van der Waals surface area contributed by atoms with Crippen molar-refractivity contribution in [3.8, 4) is 5.88 Å². The zero-order chi connectivity index (χ0) is 16.2. The van der Waals surface area contributed by atoms with Gasteiger partial charge in [0.1, 0.15) is 11.3 Å². The van der Waals surface area contributed by atoms with E-state index in [-0.39, 0.29) is 5.88 Å². The SMILES string of the molecule is NC[C@H]1CC[C@H](Nc2ccc3ccnc(OC(F)F)c3n2)CC1. The third-order valence-corrected chi connectivity index (χ3v) is 4.31. The number of anilines is 1. The molecule has 1 fully saturated rings. The van der Waals surface area contributed by atoms with Crippen LogP contribution in [-0.4, -0.2) is 29.2 Å². The Bertz CT molecular complexity index is 660. The van der Waals surface area contributed by atoms with Gasteiger partial charge in [0.15, 0.2) is 0 Å². The number of ether oxygens (including phenoxy) is 1. The van der Waals surface area contributed by atoms with Crippen LogP contribution >= 0.6 is 0 Å². The normalized spacial score (nSPS) is 21.6. The van der Waals surface area contributed by atoms with Crippen LogP contribution in [0.4, 0.5) is 14.6 Å². The van der Waals surface area contributed by atoms with Crippen molar-refractivity contribution < 1.29 is 13.5 Å². The minimum atomic E-state index is -2.92. The topological polar surface area (TPSA) is 73.1 Å². The molecule has 0 aliphatic heterocycles. The first kappa shape index (κ1) is 15.9. The van der Waals surface area contributed by atoms with Crippen molar-refractivity contribution >= 4 is 16.7 Å². The Kier molecular flexibility index (Phi) is 4.85. The van der Waals surface area contributed by atoms with Gasteiger partial charge in [-0.05, 0) is 56.3 Å². The molecule has 2 aromatic rings. The van der Waals surface area contributed by atoms with Gasteiger partial charge in [-0.2, -0.15) is 8.78 Å². The molecule has 7 heteroatoms. The first-order valence-electron chi connectivity index (χ1n) is 7.83.